The van der Waals surface area contributed by atoms with E-state index in [9.17, 15) is 4.79 Å². The summed E-state index contributed by atoms with van der Waals surface area (Å²) in [6, 6.07) is 11.8. The number of aromatic nitrogens is 1. The summed E-state index contributed by atoms with van der Waals surface area (Å²) in [5.74, 6) is 1.11. The Bertz CT molecular complexity index is 694. The number of halogens is 1. The first-order valence-electron chi connectivity index (χ1n) is 8.00. The topological polar surface area (TPSA) is 43.3 Å². The highest BCUT2D eigenvalue weighted by Crippen LogP contribution is 2.22. The molecule has 2 heterocycles. The zero-order valence-corrected chi connectivity index (χ0v) is 14.6. The third-order valence-corrected chi connectivity index (χ3v) is 4.89. The lowest BCUT2D eigenvalue weighted by atomic mass is 10.00. The third-order valence-electron chi connectivity index (χ3n) is 4.16. The molecule has 0 saturated carbocycles. The van der Waals surface area contributed by atoms with E-state index in [0.29, 0.717) is 22.7 Å². The first kappa shape index (κ1) is 16.3. The second kappa shape index (κ2) is 7.79. The molecule has 122 valence electrons. The molecule has 0 bridgehead atoms. The molecule has 1 atom stereocenters. The van der Waals surface area contributed by atoms with Gasteiger partial charge < -0.3 is 14.6 Å². The van der Waals surface area contributed by atoms with E-state index in [0.717, 1.165) is 25.2 Å². The molecule has 1 N–H and O–H groups in total. The van der Waals surface area contributed by atoms with Gasteiger partial charge in [-0.25, -0.2) is 0 Å². The van der Waals surface area contributed by atoms with Crippen LogP contribution in [0.4, 0.5) is 0 Å². The molecule has 0 aliphatic carbocycles. The molecule has 1 saturated heterocycles. The summed E-state index contributed by atoms with van der Waals surface area (Å²) in [6.07, 6.45) is 4.18. The molecule has 0 amide bonds. The van der Waals surface area contributed by atoms with Gasteiger partial charge in [-0.05, 0) is 59.4 Å². The van der Waals surface area contributed by atoms with Crippen LogP contribution in [-0.2, 0) is 13.2 Å². The molecule has 0 spiro atoms. The van der Waals surface area contributed by atoms with Gasteiger partial charge >= 0.3 is 0 Å². The third kappa shape index (κ3) is 4.24. The van der Waals surface area contributed by atoms with Crippen molar-refractivity contribution in [1.29, 1.82) is 0 Å². The normalized spacial score (nSPS) is 17.9. The minimum Gasteiger partial charge on any atom is -0.487 e. The van der Waals surface area contributed by atoms with Crippen LogP contribution in [0, 0.1) is 5.92 Å². The van der Waals surface area contributed by atoms with Gasteiger partial charge in [-0.1, -0.05) is 30.3 Å². The summed E-state index contributed by atoms with van der Waals surface area (Å²) in [7, 11) is 0. The van der Waals surface area contributed by atoms with Crippen molar-refractivity contribution < 1.29 is 4.74 Å². The Hall–Kier alpha value is -1.59. The molecular formula is C18H21BrN2O2. The zero-order chi connectivity index (χ0) is 16.1. The fourth-order valence-corrected chi connectivity index (χ4v) is 3.35. The van der Waals surface area contributed by atoms with Crippen LogP contribution in [0.2, 0.25) is 0 Å². The number of benzene rings is 1. The molecule has 3 rings (SSSR count). The van der Waals surface area contributed by atoms with Gasteiger partial charge in [0.05, 0.1) is 0 Å². The van der Waals surface area contributed by atoms with Crippen LogP contribution in [0.15, 0.2) is 51.9 Å². The van der Waals surface area contributed by atoms with E-state index in [-0.39, 0.29) is 5.56 Å². The van der Waals surface area contributed by atoms with Crippen molar-refractivity contribution in [3.63, 3.8) is 0 Å². The molecule has 0 radical (unpaired) electrons. The van der Waals surface area contributed by atoms with Crippen molar-refractivity contribution >= 4 is 15.9 Å². The van der Waals surface area contributed by atoms with Gasteiger partial charge in [0.2, 0.25) is 0 Å². The lowest BCUT2D eigenvalue weighted by molar-refractivity contribution is 0.300. The van der Waals surface area contributed by atoms with E-state index in [2.05, 4.69) is 21.2 Å². The second-order valence-electron chi connectivity index (χ2n) is 5.94. The molecule has 5 heteroatoms. The van der Waals surface area contributed by atoms with Crippen LogP contribution < -0.4 is 15.6 Å². The van der Waals surface area contributed by atoms with Gasteiger partial charge in [0, 0.05) is 12.7 Å². The Balaban J connectivity index is 1.68. The first-order chi connectivity index (χ1) is 11.2. The van der Waals surface area contributed by atoms with E-state index in [1.807, 2.05) is 42.6 Å². The Morgan fingerprint density at radius 2 is 2.09 bits per heavy atom. The molecule has 4 nitrogen and oxygen atoms in total. The average molecular weight is 377 g/mol. The number of hydrogen-bond acceptors (Lipinski definition) is 3. The Morgan fingerprint density at radius 1 is 1.26 bits per heavy atom. The molecule has 1 aromatic heterocycles. The van der Waals surface area contributed by atoms with E-state index < -0.39 is 0 Å². The number of nitrogens with one attached hydrogen (secondary N) is 1. The van der Waals surface area contributed by atoms with Crippen molar-refractivity contribution in [3.05, 3.63) is 63.0 Å². The number of pyridine rings is 1. The predicted molar refractivity (Wildman–Crippen MR) is 94.8 cm³/mol. The molecule has 2 aromatic rings. The number of rotatable bonds is 5. The molecule has 1 aliphatic heterocycles. The largest absolute Gasteiger partial charge is 0.487 e. The molecular weight excluding hydrogens is 356 g/mol. The molecule has 23 heavy (non-hydrogen) atoms. The summed E-state index contributed by atoms with van der Waals surface area (Å²) in [5, 5.41) is 3.39. The van der Waals surface area contributed by atoms with Crippen LogP contribution >= 0.6 is 15.9 Å². The van der Waals surface area contributed by atoms with E-state index in [1.165, 1.54) is 12.8 Å². The minimum atomic E-state index is -0.0267. The van der Waals surface area contributed by atoms with Gasteiger partial charge in [0.15, 0.2) is 0 Å². The number of piperidine rings is 1. The zero-order valence-electron chi connectivity index (χ0n) is 13.0. The summed E-state index contributed by atoms with van der Waals surface area (Å²) < 4.78 is 8.05. The van der Waals surface area contributed by atoms with Crippen LogP contribution in [0.25, 0.3) is 0 Å². The second-order valence-corrected chi connectivity index (χ2v) is 6.73. The average Bonchev–Trinajstić information content (AvgIpc) is 2.60. The highest BCUT2D eigenvalue weighted by atomic mass is 79.9. The van der Waals surface area contributed by atoms with Gasteiger partial charge in [0.25, 0.3) is 5.56 Å². The van der Waals surface area contributed by atoms with E-state index in [1.54, 1.807) is 4.57 Å². The molecule has 1 aromatic carbocycles. The van der Waals surface area contributed by atoms with Gasteiger partial charge in [-0.15, -0.1) is 0 Å². The summed E-state index contributed by atoms with van der Waals surface area (Å²) in [4.78, 5) is 12.5. The Labute approximate surface area is 144 Å². The Morgan fingerprint density at radius 3 is 2.83 bits per heavy atom. The maximum Gasteiger partial charge on any atom is 0.268 e. The smallest absolute Gasteiger partial charge is 0.268 e. The maximum absolute atomic E-state index is 12.5. The van der Waals surface area contributed by atoms with Crippen LogP contribution in [-0.4, -0.2) is 17.7 Å². The van der Waals surface area contributed by atoms with Crippen molar-refractivity contribution in [2.45, 2.75) is 26.0 Å². The van der Waals surface area contributed by atoms with Gasteiger partial charge in [-0.2, -0.15) is 0 Å². The Kier molecular flexibility index (Phi) is 5.51. The molecule has 1 unspecified atom stereocenters. The number of hydrogen-bond donors (Lipinski definition) is 1. The van der Waals surface area contributed by atoms with Crippen molar-refractivity contribution in [3.8, 4) is 5.75 Å². The van der Waals surface area contributed by atoms with E-state index >= 15 is 0 Å². The SMILES string of the molecule is O=c1c(Br)c(OCc2ccccc2)ccn1CC1CCCNC1. The highest BCUT2D eigenvalue weighted by molar-refractivity contribution is 9.10. The first-order valence-corrected chi connectivity index (χ1v) is 8.80. The number of nitrogens with zero attached hydrogens (tertiary/aromatic N) is 1. The van der Waals surface area contributed by atoms with Gasteiger partial charge in [-0.3, -0.25) is 4.79 Å². The maximum atomic E-state index is 12.5. The van der Waals surface area contributed by atoms with E-state index in [4.69, 9.17) is 4.74 Å². The van der Waals surface area contributed by atoms with Gasteiger partial charge in [0.1, 0.15) is 16.8 Å². The molecule has 1 aliphatic rings. The fourth-order valence-electron chi connectivity index (χ4n) is 2.88. The van der Waals surface area contributed by atoms with Crippen LogP contribution in [0.1, 0.15) is 18.4 Å². The highest BCUT2D eigenvalue weighted by Gasteiger charge is 2.16. The lowest BCUT2D eigenvalue weighted by Gasteiger charge is -2.23. The number of ether oxygens (including phenoxy) is 1. The monoisotopic (exact) mass is 376 g/mol. The fraction of sp³-hybridized carbons (Fsp3) is 0.389. The van der Waals surface area contributed by atoms with Crippen molar-refractivity contribution in [2.24, 2.45) is 5.92 Å². The lowest BCUT2D eigenvalue weighted by Crippen LogP contribution is -2.34. The summed E-state index contributed by atoms with van der Waals surface area (Å²) in [6.45, 7) is 3.27. The quantitative estimate of drug-likeness (QED) is 0.871. The van der Waals surface area contributed by atoms with Crippen LogP contribution in [0.3, 0.4) is 0 Å². The summed E-state index contributed by atoms with van der Waals surface area (Å²) >= 11 is 3.40. The molecule has 1 fully saturated rings. The summed E-state index contributed by atoms with van der Waals surface area (Å²) in [5.41, 5.74) is 1.05. The minimum absolute atomic E-state index is 0.0267. The van der Waals surface area contributed by atoms with Crippen molar-refractivity contribution in [2.75, 3.05) is 13.1 Å². The standard InChI is InChI=1S/C18H21BrN2O2/c19-17-16(23-13-14-5-2-1-3-6-14)8-10-21(18(17)22)12-15-7-4-9-20-11-15/h1-3,5-6,8,10,15,20H,4,7,9,11-13H2. The predicted octanol–water partition coefficient (Wildman–Crippen LogP) is 3.19. The van der Waals surface area contributed by atoms with Crippen molar-refractivity contribution in [1.82, 2.24) is 9.88 Å². The van der Waals surface area contributed by atoms with Crippen LogP contribution in [0.5, 0.6) is 5.75 Å².